The monoisotopic (exact) mass is 249 g/mol. The van der Waals surface area contributed by atoms with E-state index in [1.807, 2.05) is 6.07 Å². The molecule has 0 aliphatic carbocycles. The molecule has 0 radical (unpaired) electrons. The fourth-order valence-electron chi connectivity index (χ4n) is 1.50. The van der Waals surface area contributed by atoms with Gasteiger partial charge in [0.25, 0.3) is 0 Å². The first-order valence-electron chi connectivity index (χ1n) is 5.40. The molecule has 5 heteroatoms. The lowest BCUT2D eigenvalue weighted by Gasteiger charge is -2.08. The molecule has 1 aromatic rings. The maximum atomic E-state index is 13.6. The summed E-state index contributed by atoms with van der Waals surface area (Å²) in [5, 5.41) is 12.8. The molecular weight excluding hydrogens is 237 g/mol. The summed E-state index contributed by atoms with van der Waals surface area (Å²) in [4.78, 5) is 4.30. The van der Waals surface area contributed by atoms with Crippen LogP contribution in [0.1, 0.15) is 18.9 Å². The first kappa shape index (κ1) is 11.9. The van der Waals surface area contributed by atoms with Crippen LogP contribution in [-0.2, 0) is 0 Å². The Kier molecular flexibility index (Phi) is 3.64. The third-order valence-electron chi connectivity index (χ3n) is 2.51. The van der Waals surface area contributed by atoms with E-state index in [4.69, 9.17) is 5.26 Å². The summed E-state index contributed by atoms with van der Waals surface area (Å²) in [6.45, 7) is 2.89. The average Bonchev–Trinajstić information content (AvgIpc) is 2.79. The second kappa shape index (κ2) is 5.19. The second-order valence-electron chi connectivity index (χ2n) is 3.73. The van der Waals surface area contributed by atoms with E-state index in [9.17, 15) is 4.39 Å². The highest BCUT2D eigenvalue weighted by molar-refractivity contribution is 8.15. The van der Waals surface area contributed by atoms with Crippen molar-refractivity contribution in [2.45, 2.75) is 18.6 Å². The van der Waals surface area contributed by atoms with Gasteiger partial charge in [-0.2, -0.15) is 5.26 Å². The molecule has 1 unspecified atom stereocenters. The van der Waals surface area contributed by atoms with E-state index in [1.165, 1.54) is 6.07 Å². The first-order valence-corrected chi connectivity index (χ1v) is 6.28. The van der Waals surface area contributed by atoms with Crippen molar-refractivity contribution in [2.75, 3.05) is 11.9 Å². The highest BCUT2D eigenvalue weighted by atomic mass is 32.2. The van der Waals surface area contributed by atoms with Crippen molar-refractivity contribution in [2.24, 2.45) is 4.99 Å². The molecule has 17 heavy (non-hydrogen) atoms. The number of benzene rings is 1. The third kappa shape index (κ3) is 2.77. The van der Waals surface area contributed by atoms with Crippen LogP contribution in [-0.4, -0.2) is 17.0 Å². The van der Waals surface area contributed by atoms with Crippen molar-refractivity contribution in [1.82, 2.24) is 0 Å². The Balaban J connectivity index is 2.08. The molecule has 1 N–H and O–H groups in total. The van der Waals surface area contributed by atoms with Crippen LogP contribution < -0.4 is 5.32 Å². The van der Waals surface area contributed by atoms with E-state index in [0.717, 1.165) is 18.1 Å². The zero-order chi connectivity index (χ0) is 12.3. The van der Waals surface area contributed by atoms with Crippen LogP contribution in [0.15, 0.2) is 23.2 Å². The van der Waals surface area contributed by atoms with Crippen molar-refractivity contribution in [1.29, 1.82) is 5.26 Å². The molecule has 2 rings (SSSR count). The van der Waals surface area contributed by atoms with Gasteiger partial charge in [0, 0.05) is 5.25 Å². The number of thioether (sulfide) groups is 1. The van der Waals surface area contributed by atoms with Gasteiger partial charge >= 0.3 is 0 Å². The summed E-state index contributed by atoms with van der Waals surface area (Å²) >= 11 is 1.63. The van der Waals surface area contributed by atoms with E-state index in [0.29, 0.717) is 16.5 Å². The maximum Gasteiger partial charge on any atom is 0.161 e. The van der Waals surface area contributed by atoms with Crippen LogP contribution in [0.25, 0.3) is 0 Å². The lowest BCUT2D eigenvalue weighted by atomic mass is 10.2. The summed E-state index contributed by atoms with van der Waals surface area (Å²) in [6.07, 6.45) is 1.05. The normalized spacial score (nSPS) is 18.6. The SMILES string of the molecule is CCC1CN=C(Nc2ccc(C#N)cc2F)S1. The van der Waals surface area contributed by atoms with Crippen LogP contribution in [0.5, 0.6) is 0 Å². The van der Waals surface area contributed by atoms with Crippen LogP contribution >= 0.6 is 11.8 Å². The minimum absolute atomic E-state index is 0.320. The Bertz CT molecular complexity index is 493. The third-order valence-corrected chi connectivity index (χ3v) is 3.78. The van der Waals surface area contributed by atoms with Crippen LogP contribution in [0.4, 0.5) is 10.1 Å². The van der Waals surface area contributed by atoms with Crippen molar-refractivity contribution >= 4 is 22.6 Å². The molecule has 1 atom stereocenters. The zero-order valence-electron chi connectivity index (χ0n) is 9.40. The number of nitrogens with zero attached hydrogens (tertiary/aromatic N) is 2. The van der Waals surface area contributed by atoms with Gasteiger partial charge < -0.3 is 5.32 Å². The van der Waals surface area contributed by atoms with Crippen molar-refractivity contribution in [3.8, 4) is 6.07 Å². The number of halogens is 1. The number of nitriles is 1. The Labute approximate surface area is 104 Å². The standard InChI is InChI=1S/C12H12FN3S/c1-2-9-7-15-12(17-9)16-11-4-3-8(6-14)5-10(11)13/h3-5,9H,2,7H2,1H3,(H,15,16). The number of rotatable bonds is 2. The number of amidine groups is 1. The van der Waals surface area contributed by atoms with E-state index < -0.39 is 5.82 Å². The number of hydrogen-bond donors (Lipinski definition) is 1. The summed E-state index contributed by atoms with van der Waals surface area (Å²) in [5.41, 5.74) is 0.688. The molecule has 0 bridgehead atoms. The summed E-state index contributed by atoms with van der Waals surface area (Å²) in [5.74, 6) is -0.424. The predicted octanol–water partition coefficient (Wildman–Crippen LogP) is 2.99. The van der Waals surface area contributed by atoms with Crippen LogP contribution in [0.3, 0.4) is 0 Å². The first-order chi connectivity index (χ1) is 8.22. The Morgan fingerprint density at radius 2 is 2.47 bits per heavy atom. The largest absolute Gasteiger partial charge is 0.333 e. The van der Waals surface area contributed by atoms with Gasteiger partial charge in [-0.15, -0.1) is 0 Å². The molecule has 0 spiro atoms. The number of aliphatic imine (C=N–C) groups is 1. The van der Waals surface area contributed by atoms with Gasteiger partial charge in [-0.3, -0.25) is 4.99 Å². The lowest BCUT2D eigenvalue weighted by Crippen LogP contribution is -2.08. The molecule has 1 aromatic carbocycles. The summed E-state index contributed by atoms with van der Waals surface area (Å²) < 4.78 is 13.6. The molecule has 1 heterocycles. The smallest absolute Gasteiger partial charge is 0.161 e. The molecule has 0 aromatic heterocycles. The van der Waals surface area contributed by atoms with Gasteiger partial charge in [0.05, 0.1) is 23.9 Å². The molecule has 1 aliphatic rings. The minimum atomic E-state index is -0.424. The van der Waals surface area contributed by atoms with Crippen molar-refractivity contribution in [3.05, 3.63) is 29.6 Å². The summed E-state index contributed by atoms with van der Waals surface area (Å²) in [7, 11) is 0. The molecule has 0 saturated heterocycles. The quantitative estimate of drug-likeness (QED) is 0.876. The summed E-state index contributed by atoms with van der Waals surface area (Å²) in [6, 6.07) is 6.28. The minimum Gasteiger partial charge on any atom is -0.333 e. The molecule has 88 valence electrons. The van der Waals surface area contributed by atoms with E-state index in [-0.39, 0.29) is 0 Å². The predicted molar refractivity (Wildman–Crippen MR) is 68.7 cm³/mol. The molecule has 0 amide bonds. The maximum absolute atomic E-state index is 13.6. The average molecular weight is 249 g/mol. The highest BCUT2D eigenvalue weighted by Gasteiger charge is 2.18. The Morgan fingerprint density at radius 3 is 3.06 bits per heavy atom. The molecule has 0 saturated carbocycles. The fourth-order valence-corrected chi connectivity index (χ4v) is 2.45. The second-order valence-corrected chi connectivity index (χ2v) is 5.01. The van der Waals surface area contributed by atoms with Crippen LogP contribution in [0.2, 0.25) is 0 Å². The van der Waals surface area contributed by atoms with Gasteiger partial charge in [0.1, 0.15) is 5.82 Å². The molecular formula is C12H12FN3S. The van der Waals surface area contributed by atoms with E-state index >= 15 is 0 Å². The molecule has 1 aliphatic heterocycles. The Morgan fingerprint density at radius 1 is 1.65 bits per heavy atom. The topological polar surface area (TPSA) is 48.2 Å². The van der Waals surface area contributed by atoms with Gasteiger partial charge in [-0.25, -0.2) is 4.39 Å². The molecule has 0 fully saturated rings. The van der Waals surface area contributed by atoms with E-state index in [1.54, 1.807) is 23.9 Å². The number of anilines is 1. The lowest BCUT2D eigenvalue weighted by molar-refractivity contribution is 0.632. The van der Waals surface area contributed by atoms with Gasteiger partial charge in [-0.05, 0) is 24.6 Å². The van der Waals surface area contributed by atoms with Crippen LogP contribution in [0, 0.1) is 17.1 Å². The van der Waals surface area contributed by atoms with Crippen molar-refractivity contribution in [3.63, 3.8) is 0 Å². The van der Waals surface area contributed by atoms with Gasteiger partial charge in [0.2, 0.25) is 0 Å². The van der Waals surface area contributed by atoms with E-state index in [2.05, 4.69) is 17.2 Å². The van der Waals surface area contributed by atoms with Gasteiger partial charge in [-0.1, -0.05) is 18.7 Å². The molecule has 3 nitrogen and oxygen atoms in total. The van der Waals surface area contributed by atoms with Gasteiger partial charge in [0.15, 0.2) is 5.17 Å². The Hall–Kier alpha value is -1.54. The highest BCUT2D eigenvalue weighted by Crippen LogP contribution is 2.25. The number of nitrogens with one attached hydrogen (secondary N) is 1. The fraction of sp³-hybridized carbons (Fsp3) is 0.333. The zero-order valence-corrected chi connectivity index (χ0v) is 10.2. The number of hydrogen-bond acceptors (Lipinski definition) is 4. The van der Waals surface area contributed by atoms with Crippen molar-refractivity contribution < 1.29 is 4.39 Å².